The van der Waals surface area contributed by atoms with Crippen molar-refractivity contribution in [2.45, 2.75) is 6.61 Å². The molecule has 0 spiro atoms. The van der Waals surface area contributed by atoms with Gasteiger partial charge in [0.2, 0.25) is 0 Å². The Morgan fingerprint density at radius 3 is 2.28 bits per heavy atom. The molecule has 2 nitrogen and oxygen atoms in total. The molecule has 2 rings (SSSR count). The lowest BCUT2D eigenvalue weighted by molar-refractivity contribution is 0.132. The van der Waals surface area contributed by atoms with E-state index in [0.29, 0.717) is 6.61 Å². The molecule has 2 aromatic carbocycles. The fraction of sp³-hybridized carbons (Fsp3) is 0.0625. The third kappa shape index (κ3) is 4.26. The van der Waals surface area contributed by atoms with E-state index in [1.54, 1.807) is 6.21 Å². The fourth-order valence-corrected chi connectivity index (χ4v) is 1.48. The third-order valence-electron chi connectivity index (χ3n) is 2.38. The van der Waals surface area contributed by atoms with Gasteiger partial charge in [-0.15, -0.1) is 0 Å². The van der Waals surface area contributed by atoms with E-state index in [2.05, 4.69) is 5.16 Å². The molecule has 0 aliphatic heterocycles. The number of nitrogens with zero attached hydrogens (tertiary/aromatic N) is 1. The Hall–Kier alpha value is -2.35. The van der Waals surface area contributed by atoms with E-state index in [0.717, 1.165) is 11.1 Å². The lowest BCUT2D eigenvalue weighted by Gasteiger charge is -1.97. The molecule has 0 radical (unpaired) electrons. The van der Waals surface area contributed by atoms with Crippen LogP contribution < -0.4 is 0 Å². The number of benzene rings is 2. The maximum atomic E-state index is 5.18. The van der Waals surface area contributed by atoms with Crippen molar-refractivity contribution in [1.82, 2.24) is 0 Å². The second-order valence-corrected chi connectivity index (χ2v) is 3.78. The molecule has 0 aliphatic rings. The predicted octanol–water partition coefficient (Wildman–Crippen LogP) is 3.90. The van der Waals surface area contributed by atoms with Crippen LogP contribution in [0, 0.1) is 0 Å². The van der Waals surface area contributed by atoms with Crippen LogP contribution in [0.2, 0.25) is 0 Å². The van der Waals surface area contributed by atoms with Gasteiger partial charge in [0.15, 0.2) is 0 Å². The van der Waals surface area contributed by atoms with Crippen molar-refractivity contribution in [3.63, 3.8) is 0 Å². The van der Waals surface area contributed by atoms with Crippen molar-refractivity contribution in [1.29, 1.82) is 0 Å². The molecule has 2 heteroatoms. The van der Waals surface area contributed by atoms with Crippen molar-refractivity contribution < 1.29 is 4.84 Å². The first-order chi connectivity index (χ1) is 8.95. The molecule has 0 heterocycles. The third-order valence-corrected chi connectivity index (χ3v) is 2.38. The Morgan fingerprint density at radius 1 is 0.889 bits per heavy atom. The van der Waals surface area contributed by atoms with Crippen molar-refractivity contribution in [2.75, 3.05) is 0 Å². The lowest BCUT2D eigenvalue weighted by Crippen LogP contribution is -1.85. The molecule has 0 N–H and O–H groups in total. The van der Waals surface area contributed by atoms with Crippen molar-refractivity contribution in [3.8, 4) is 0 Å². The topological polar surface area (TPSA) is 21.6 Å². The van der Waals surface area contributed by atoms with Crippen LogP contribution in [0.5, 0.6) is 0 Å². The van der Waals surface area contributed by atoms with Crippen LogP contribution in [0.3, 0.4) is 0 Å². The number of oxime groups is 1. The molecule has 0 saturated carbocycles. The average Bonchev–Trinajstić information content (AvgIpc) is 2.45. The van der Waals surface area contributed by atoms with Crippen LogP contribution >= 0.6 is 0 Å². The second kappa shape index (κ2) is 7.07. The van der Waals surface area contributed by atoms with Gasteiger partial charge in [0, 0.05) is 0 Å². The van der Waals surface area contributed by atoms with Crippen LogP contribution in [0.15, 0.2) is 71.9 Å². The first-order valence-corrected chi connectivity index (χ1v) is 5.86. The summed E-state index contributed by atoms with van der Waals surface area (Å²) in [5, 5.41) is 3.87. The summed E-state index contributed by atoms with van der Waals surface area (Å²) < 4.78 is 0. The van der Waals surface area contributed by atoms with Crippen LogP contribution in [-0.4, -0.2) is 6.21 Å². The Kier molecular flexibility index (Phi) is 4.76. The van der Waals surface area contributed by atoms with Crippen molar-refractivity contribution >= 4 is 12.3 Å². The van der Waals surface area contributed by atoms with Gasteiger partial charge in [-0.05, 0) is 17.2 Å². The zero-order valence-corrected chi connectivity index (χ0v) is 10.1. The van der Waals surface area contributed by atoms with E-state index in [1.165, 1.54) is 0 Å². The van der Waals surface area contributed by atoms with Crippen LogP contribution in [0.4, 0.5) is 0 Å². The number of rotatable bonds is 5. The molecular formula is C16H15NO. The summed E-state index contributed by atoms with van der Waals surface area (Å²) in [6.07, 6.45) is 5.49. The molecule has 0 bridgehead atoms. The molecule has 0 saturated heterocycles. The zero-order chi connectivity index (χ0) is 12.5. The highest BCUT2D eigenvalue weighted by atomic mass is 16.6. The first-order valence-electron chi connectivity index (χ1n) is 5.86. The van der Waals surface area contributed by atoms with Gasteiger partial charge in [-0.2, -0.15) is 0 Å². The minimum absolute atomic E-state index is 0.497. The van der Waals surface area contributed by atoms with Gasteiger partial charge in [-0.25, -0.2) is 0 Å². The summed E-state index contributed by atoms with van der Waals surface area (Å²) in [6, 6.07) is 20.0. The minimum Gasteiger partial charge on any atom is -0.391 e. The molecule has 2 aromatic rings. The van der Waals surface area contributed by atoms with Gasteiger partial charge in [-0.3, -0.25) is 0 Å². The Bertz CT molecular complexity index is 503. The average molecular weight is 237 g/mol. The Morgan fingerprint density at radius 2 is 1.56 bits per heavy atom. The quantitative estimate of drug-likeness (QED) is 0.571. The summed E-state index contributed by atoms with van der Waals surface area (Å²) >= 11 is 0. The largest absolute Gasteiger partial charge is 0.391 e. The standard InChI is InChI=1S/C16H15NO/c1-3-8-15(9-4-1)12-7-13-17-18-14-16-10-5-2-6-11-16/h1-13H,14H2. The van der Waals surface area contributed by atoms with Gasteiger partial charge in [0.25, 0.3) is 0 Å². The van der Waals surface area contributed by atoms with E-state index in [4.69, 9.17) is 4.84 Å². The van der Waals surface area contributed by atoms with Crippen LogP contribution in [-0.2, 0) is 11.4 Å². The van der Waals surface area contributed by atoms with Gasteiger partial charge >= 0.3 is 0 Å². The Balaban J connectivity index is 1.74. The fourth-order valence-electron chi connectivity index (χ4n) is 1.48. The van der Waals surface area contributed by atoms with Gasteiger partial charge < -0.3 is 4.84 Å². The van der Waals surface area contributed by atoms with E-state index in [1.807, 2.05) is 72.8 Å². The maximum Gasteiger partial charge on any atom is 0.142 e. The molecule has 90 valence electrons. The maximum absolute atomic E-state index is 5.18. The molecule has 0 atom stereocenters. The monoisotopic (exact) mass is 237 g/mol. The lowest BCUT2D eigenvalue weighted by atomic mass is 10.2. The summed E-state index contributed by atoms with van der Waals surface area (Å²) in [5.74, 6) is 0. The summed E-state index contributed by atoms with van der Waals surface area (Å²) in [4.78, 5) is 5.18. The van der Waals surface area contributed by atoms with E-state index >= 15 is 0 Å². The normalized spacial score (nSPS) is 11.1. The van der Waals surface area contributed by atoms with Crippen LogP contribution in [0.1, 0.15) is 11.1 Å². The van der Waals surface area contributed by atoms with Gasteiger partial charge in [0.05, 0.1) is 6.21 Å². The summed E-state index contributed by atoms with van der Waals surface area (Å²) in [6.45, 7) is 0.497. The van der Waals surface area contributed by atoms with Crippen LogP contribution in [0.25, 0.3) is 6.08 Å². The Labute approximate surface area is 107 Å². The smallest absolute Gasteiger partial charge is 0.142 e. The van der Waals surface area contributed by atoms with Gasteiger partial charge in [0.1, 0.15) is 6.61 Å². The molecule has 0 unspecified atom stereocenters. The number of hydrogen-bond acceptors (Lipinski definition) is 2. The molecule has 0 aromatic heterocycles. The van der Waals surface area contributed by atoms with Gasteiger partial charge in [-0.1, -0.05) is 71.9 Å². The number of hydrogen-bond donors (Lipinski definition) is 0. The molecule has 0 fully saturated rings. The first kappa shape index (κ1) is 12.1. The predicted molar refractivity (Wildman–Crippen MR) is 75.2 cm³/mol. The SMILES string of the molecule is C(=Cc1ccccc1)C=NOCc1ccccc1. The van der Waals surface area contributed by atoms with E-state index in [9.17, 15) is 0 Å². The van der Waals surface area contributed by atoms with Crippen molar-refractivity contribution in [3.05, 3.63) is 77.9 Å². The highest BCUT2D eigenvalue weighted by Gasteiger charge is 1.88. The van der Waals surface area contributed by atoms with E-state index < -0.39 is 0 Å². The van der Waals surface area contributed by atoms with Crippen molar-refractivity contribution in [2.24, 2.45) is 5.16 Å². The minimum atomic E-state index is 0.497. The highest BCUT2D eigenvalue weighted by Crippen LogP contribution is 2.01. The zero-order valence-electron chi connectivity index (χ0n) is 10.1. The molecule has 18 heavy (non-hydrogen) atoms. The molecule has 0 amide bonds. The molecular weight excluding hydrogens is 222 g/mol. The number of allylic oxidation sites excluding steroid dienone is 1. The summed E-state index contributed by atoms with van der Waals surface area (Å²) in [7, 11) is 0. The van der Waals surface area contributed by atoms with E-state index in [-0.39, 0.29) is 0 Å². The summed E-state index contributed by atoms with van der Waals surface area (Å²) in [5.41, 5.74) is 2.26. The highest BCUT2D eigenvalue weighted by molar-refractivity contribution is 5.77. The second-order valence-electron chi connectivity index (χ2n) is 3.78. The molecule has 0 aliphatic carbocycles.